The highest BCUT2D eigenvalue weighted by Gasteiger charge is 2.14. The van der Waals surface area contributed by atoms with Gasteiger partial charge in [-0.15, -0.1) is 6.58 Å². The molecule has 5 heteroatoms. The quantitative estimate of drug-likeness (QED) is 0.644. The smallest absolute Gasteiger partial charge is 0.237 e. The topological polar surface area (TPSA) is 75.4 Å². The summed E-state index contributed by atoms with van der Waals surface area (Å²) in [4.78, 5) is 11.4. The van der Waals surface area contributed by atoms with Crippen LogP contribution in [0.5, 0.6) is 0 Å². The Morgan fingerprint density at radius 3 is 3.06 bits per heavy atom. The van der Waals surface area contributed by atoms with Crippen LogP contribution in [-0.2, 0) is 4.79 Å². The summed E-state index contributed by atoms with van der Waals surface area (Å²) in [5.41, 5.74) is 6.38. The molecule has 2 atom stereocenters. The maximum absolute atomic E-state index is 11.4. The molecule has 1 amide bonds. The molecule has 0 aliphatic carbocycles. The van der Waals surface area contributed by atoms with E-state index < -0.39 is 12.1 Å². The second-order valence-electron chi connectivity index (χ2n) is 3.45. The maximum Gasteiger partial charge on any atom is 0.237 e. The Morgan fingerprint density at radius 2 is 2.50 bits per heavy atom. The van der Waals surface area contributed by atoms with Crippen molar-refractivity contribution in [2.24, 2.45) is 5.73 Å². The molecule has 0 bridgehead atoms. The molecule has 0 radical (unpaired) electrons. The van der Waals surface area contributed by atoms with Gasteiger partial charge in [0.15, 0.2) is 0 Å². The zero-order chi connectivity index (χ0) is 12.0. The van der Waals surface area contributed by atoms with Gasteiger partial charge in [0.25, 0.3) is 0 Å². The van der Waals surface area contributed by atoms with E-state index in [2.05, 4.69) is 11.9 Å². The fourth-order valence-electron chi connectivity index (χ4n) is 1.20. The molecule has 16 heavy (non-hydrogen) atoms. The lowest BCUT2D eigenvalue weighted by molar-refractivity contribution is -0.122. The fourth-order valence-corrected chi connectivity index (χ4v) is 1.90. The van der Waals surface area contributed by atoms with Gasteiger partial charge in [-0.1, -0.05) is 6.08 Å². The van der Waals surface area contributed by atoms with Gasteiger partial charge in [-0.3, -0.25) is 4.79 Å². The highest BCUT2D eigenvalue weighted by atomic mass is 32.1. The third-order valence-electron chi connectivity index (χ3n) is 2.15. The number of hydrogen-bond donors (Lipinski definition) is 3. The van der Waals surface area contributed by atoms with Gasteiger partial charge >= 0.3 is 0 Å². The van der Waals surface area contributed by atoms with Crippen LogP contribution in [0.25, 0.3) is 0 Å². The number of aliphatic hydroxyl groups is 1. The number of hydrogen-bond acceptors (Lipinski definition) is 4. The Labute approximate surface area is 98.8 Å². The van der Waals surface area contributed by atoms with Crippen LogP contribution >= 0.6 is 11.3 Å². The van der Waals surface area contributed by atoms with Crippen molar-refractivity contribution in [3.63, 3.8) is 0 Å². The lowest BCUT2D eigenvalue weighted by Crippen LogP contribution is -2.41. The fraction of sp³-hybridized carbons (Fsp3) is 0.364. The molecule has 88 valence electrons. The van der Waals surface area contributed by atoms with Crippen LogP contribution in [0.3, 0.4) is 0 Å². The first-order valence-electron chi connectivity index (χ1n) is 4.99. The van der Waals surface area contributed by atoms with Crippen molar-refractivity contribution >= 4 is 17.2 Å². The number of thiophene rings is 1. The van der Waals surface area contributed by atoms with Crippen molar-refractivity contribution in [2.75, 3.05) is 6.54 Å². The molecule has 0 saturated heterocycles. The van der Waals surface area contributed by atoms with Crippen molar-refractivity contribution in [1.29, 1.82) is 0 Å². The number of rotatable bonds is 6. The minimum Gasteiger partial charge on any atom is -0.387 e. The van der Waals surface area contributed by atoms with Crippen molar-refractivity contribution < 1.29 is 9.90 Å². The van der Waals surface area contributed by atoms with Crippen molar-refractivity contribution in [1.82, 2.24) is 5.32 Å². The molecule has 4 N–H and O–H groups in total. The van der Waals surface area contributed by atoms with Gasteiger partial charge in [0.05, 0.1) is 12.1 Å². The van der Waals surface area contributed by atoms with E-state index in [1.54, 1.807) is 6.08 Å². The lowest BCUT2D eigenvalue weighted by atomic mass is 10.2. The van der Waals surface area contributed by atoms with E-state index in [1.165, 1.54) is 11.3 Å². The molecule has 0 aromatic carbocycles. The minimum atomic E-state index is -0.675. The van der Waals surface area contributed by atoms with Crippen LogP contribution in [-0.4, -0.2) is 23.6 Å². The zero-order valence-corrected chi connectivity index (χ0v) is 9.74. The molecule has 0 saturated carbocycles. The molecule has 4 nitrogen and oxygen atoms in total. The number of nitrogens with one attached hydrogen (secondary N) is 1. The van der Waals surface area contributed by atoms with Crippen LogP contribution in [0.4, 0.5) is 0 Å². The van der Waals surface area contributed by atoms with E-state index in [0.717, 1.165) is 5.56 Å². The average molecular weight is 240 g/mol. The van der Waals surface area contributed by atoms with E-state index >= 15 is 0 Å². The predicted octanol–water partition coefficient (Wildman–Crippen LogP) is 0.801. The van der Waals surface area contributed by atoms with Crippen LogP contribution in [0.1, 0.15) is 18.1 Å². The molecule has 0 aliphatic heterocycles. The third kappa shape index (κ3) is 3.77. The molecule has 1 rings (SSSR count). The lowest BCUT2D eigenvalue weighted by Gasteiger charge is -2.13. The first kappa shape index (κ1) is 12.9. The summed E-state index contributed by atoms with van der Waals surface area (Å²) < 4.78 is 0. The summed E-state index contributed by atoms with van der Waals surface area (Å²) in [6.45, 7) is 3.69. The first-order valence-corrected chi connectivity index (χ1v) is 5.93. The molecule has 2 unspecified atom stereocenters. The first-order chi connectivity index (χ1) is 7.65. The van der Waals surface area contributed by atoms with Gasteiger partial charge in [-0.2, -0.15) is 11.3 Å². The second kappa shape index (κ2) is 6.42. The number of aliphatic hydroxyl groups excluding tert-OH is 1. The van der Waals surface area contributed by atoms with E-state index in [9.17, 15) is 9.90 Å². The molecule has 1 heterocycles. The zero-order valence-electron chi connectivity index (χ0n) is 8.93. The summed E-state index contributed by atoms with van der Waals surface area (Å²) in [5.74, 6) is -0.269. The van der Waals surface area contributed by atoms with Crippen molar-refractivity contribution in [3.05, 3.63) is 35.0 Å². The average Bonchev–Trinajstić information content (AvgIpc) is 2.79. The molecule has 0 spiro atoms. The summed E-state index contributed by atoms with van der Waals surface area (Å²) >= 11 is 1.51. The van der Waals surface area contributed by atoms with E-state index in [0.29, 0.717) is 6.42 Å². The summed E-state index contributed by atoms with van der Waals surface area (Å²) in [6.07, 6.45) is 1.35. The Balaban J connectivity index is 2.34. The summed E-state index contributed by atoms with van der Waals surface area (Å²) in [5, 5.41) is 16.0. The normalized spacial score (nSPS) is 14.1. The van der Waals surface area contributed by atoms with E-state index in [1.807, 2.05) is 16.8 Å². The van der Waals surface area contributed by atoms with Gasteiger partial charge in [-0.05, 0) is 28.8 Å². The Hall–Kier alpha value is -1.17. The number of nitrogens with two attached hydrogens (primary N) is 1. The van der Waals surface area contributed by atoms with Crippen LogP contribution < -0.4 is 11.1 Å². The SMILES string of the molecule is C=CCC(N)C(=O)NCC(O)c1ccsc1. The van der Waals surface area contributed by atoms with Gasteiger partial charge in [0, 0.05) is 6.54 Å². The van der Waals surface area contributed by atoms with Crippen LogP contribution in [0.15, 0.2) is 29.5 Å². The van der Waals surface area contributed by atoms with Gasteiger partial charge < -0.3 is 16.2 Å². The Kier molecular flexibility index (Phi) is 5.18. The van der Waals surface area contributed by atoms with Crippen molar-refractivity contribution in [3.8, 4) is 0 Å². The van der Waals surface area contributed by atoms with E-state index in [4.69, 9.17) is 5.73 Å². The monoisotopic (exact) mass is 240 g/mol. The number of carbonyl (C=O) groups is 1. The molecule has 1 aromatic rings. The summed E-state index contributed by atoms with van der Waals surface area (Å²) in [6, 6.07) is 1.23. The van der Waals surface area contributed by atoms with Crippen LogP contribution in [0.2, 0.25) is 0 Å². The highest BCUT2D eigenvalue weighted by Crippen LogP contribution is 2.14. The molecule has 0 aliphatic rings. The largest absolute Gasteiger partial charge is 0.387 e. The Morgan fingerprint density at radius 1 is 1.75 bits per heavy atom. The molecular formula is C11H16N2O2S. The van der Waals surface area contributed by atoms with Crippen molar-refractivity contribution in [2.45, 2.75) is 18.6 Å². The molecular weight excluding hydrogens is 224 g/mol. The third-order valence-corrected chi connectivity index (χ3v) is 2.86. The second-order valence-corrected chi connectivity index (χ2v) is 4.23. The van der Waals surface area contributed by atoms with Crippen LogP contribution in [0, 0.1) is 0 Å². The van der Waals surface area contributed by atoms with Gasteiger partial charge in [0.2, 0.25) is 5.91 Å². The molecule has 1 aromatic heterocycles. The standard InChI is InChI=1S/C11H16N2O2S/c1-2-3-9(12)11(15)13-6-10(14)8-4-5-16-7-8/h2,4-5,7,9-10,14H,1,3,6,12H2,(H,13,15). The number of carbonyl (C=O) groups excluding carboxylic acids is 1. The highest BCUT2D eigenvalue weighted by molar-refractivity contribution is 7.07. The Bertz CT molecular complexity index is 338. The van der Waals surface area contributed by atoms with E-state index in [-0.39, 0.29) is 12.5 Å². The minimum absolute atomic E-state index is 0.181. The van der Waals surface area contributed by atoms with Gasteiger partial charge in [-0.25, -0.2) is 0 Å². The van der Waals surface area contributed by atoms with Gasteiger partial charge in [0.1, 0.15) is 0 Å². The summed E-state index contributed by atoms with van der Waals surface area (Å²) in [7, 11) is 0. The number of amides is 1. The predicted molar refractivity (Wildman–Crippen MR) is 65.1 cm³/mol. The molecule has 0 fully saturated rings. The maximum atomic E-state index is 11.4.